The van der Waals surface area contributed by atoms with Crippen molar-refractivity contribution < 1.29 is 14.4 Å². The van der Waals surface area contributed by atoms with Gasteiger partial charge in [0.2, 0.25) is 0 Å². The fraction of sp³-hybridized carbons (Fsp3) is 0.556. The number of hydrogen-bond donors (Lipinski definition) is 2. The molecule has 0 aromatic rings. The highest BCUT2D eigenvalue weighted by Crippen LogP contribution is 2.36. The lowest BCUT2D eigenvalue weighted by Crippen LogP contribution is -2.40. The molecule has 0 aromatic carbocycles. The number of imide groups is 1. The second kappa shape index (κ2) is 5.70. The van der Waals surface area contributed by atoms with E-state index in [-0.39, 0.29) is 11.8 Å². The molecule has 1 aliphatic carbocycles. The summed E-state index contributed by atoms with van der Waals surface area (Å²) in [5.74, 6) is -0.420. The Morgan fingerprint density at radius 2 is 2.44 bits per heavy atom. The van der Waals surface area contributed by atoms with E-state index < -0.39 is 11.9 Å². The third-order valence-electron chi connectivity index (χ3n) is 2.13. The van der Waals surface area contributed by atoms with Crippen LogP contribution in [0, 0.1) is 23.2 Å². The average molecular weight is 224 g/mol. The molecule has 0 aliphatic heterocycles. The summed E-state index contributed by atoms with van der Waals surface area (Å²) in [6, 6.07) is 1.50. The lowest BCUT2D eigenvalue weighted by atomic mass is 10.3. The molecule has 1 fully saturated rings. The maximum Gasteiger partial charge on any atom is 0.321 e. The smallest absolute Gasteiger partial charge is 0.321 e. The van der Waals surface area contributed by atoms with Crippen molar-refractivity contribution in [3.05, 3.63) is 0 Å². The number of carbonyl (C=O) groups excluding carboxylic acids is 2. The Kier molecular flexibility index (Phi) is 4.27. The van der Waals surface area contributed by atoms with Crippen LogP contribution in [0.4, 0.5) is 4.79 Å². The first-order valence-electron chi connectivity index (χ1n) is 4.72. The minimum Gasteiger partial charge on any atom is -0.399 e. The standard InChI is InChI=1S/C9H12N4O3/c1-16-12-5-8(14)13-9(15)11-4-7-2-6(7)3-10/h5-7H,2,4H2,1H3,(H2,11,13,14,15). The van der Waals surface area contributed by atoms with E-state index in [0.717, 1.165) is 12.6 Å². The maximum absolute atomic E-state index is 11.1. The second-order valence-electron chi connectivity index (χ2n) is 3.35. The van der Waals surface area contributed by atoms with Crippen molar-refractivity contribution in [2.24, 2.45) is 17.0 Å². The minimum atomic E-state index is -0.660. The van der Waals surface area contributed by atoms with Crippen molar-refractivity contribution in [1.29, 1.82) is 5.26 Å². The van der Waals surface area contributed by atoms with Crippen LogP contribution in [0.1, 0.15) is 6.42 Å². The molecule has 0 heterocycles. The summed E-state index contributed by atoms with van der Waals surface area (Å²) < 4.78 is 0. The lowest BCUT2D eigenvalue weighted by molar-refractivity contribution is -0.113. The molecule has 1 saturated carbocycles. The van der Waals surface area contributed by atoms with Crippen molar-refractivity contribution in [2.75, 3.05) is 13.7 Å². The van der Waals surface area contributed by atoms with Crippen LogP contribution in [-0.4, -0.2) is 31.8 Å². The van der Waals surface area contributed by atoms with Crippen molar-refractivity contribution in [3.8, 4) is 6.07 Å². The van der Waals surface area contributed by atoms with Crippen LogP contribution < -0.4 is 10.6 Å². The van der Waals surface area contributed by atoms with E-state index in [1.165, 1.54) is 7.11 Å². The van der Waals surface area contributed by atoms with Gasteiger partial charge in [-0.1, -0.05) is 5.16 Å². The number of oxime groups is 1. The second-order valence-corrected chi connectivity index (χ2v) is 3.35. The van der Waals surface area contributed by atoms with Gasteiger partial charge < -0.3 is 10.2 Å². The molecule has 1 rings (SSSR count). The quantitative estimate of drug-likeness (QED) is 0.501. The predicted molar refractivity (Wildman–Crippen MR) is 54.3 cm³/mol. The van der Waals surface area contributed by atoms with Gasteiger partial charge in [-0.05, 0) is 12.3 Å². The van der Waals surface area contributed by atoms with Gasteiger partial charge in [0.25, 0.3) is 5.91 Å². The third kappa shape index (κ3) is 3.96. The predicted octanol–water partition coefficient (Wildman–Crippen LogP) is -0.396. The van der Waals surface area contributed by atoms with E-state index in [1.54, 1.807) is 0 Å². The van der Waals surface area contributed by atoms with Gasteiger partial charge in [0, 0.05) is 6.54 Å². The van der Waals surface area contributed by atoms with Crippen molar-refractivity contribution in [2.45, 2.75) is 6.42 Å². The molecule has 7 nitrogen and oxygen atoms in total. The Balaban J connectivity index is 2.14. The molecule has 3 amide bonds. The zero-order chi connectivity index (χ0) is 12.0. The summed E-state index contributed by atoms with van der Waals surface area (Å²) in [7, 11) is 1.29. The number of nitrogens with one attached hydrogen (secondary N) is 2. The molecule has 0 spiro atoms. The summed E-state index contributed by atoms with van der Waals surface area (Å²) in [5.41, 5.74) is 0. The Bertz CT molecular complexity index is 347. The molecule has 0 aromatic heterocycles. The first-order chi connectivity index (χ1) is 7.67. The van der Waals surface area contributed by atoms with Gasteiger partial charge in [-0.15, -0.1) is 0 Å². The molecular formula is C9H12N4O3. The Hall–Kier alpha value is -2.10. The van der Waals surface area contributed by atoms with Gasteiger partial charge in [-0.2, -0.15) is 5.26 Å². The van der Waals surface area contributed by atoms with Gasteiger partial charge in [-0.25, -0.2) is 4.79 Å². The Morgan fingerprint density at radius 1 is 1.69 bits per heavy atom. The SMILES string of the molecule is CON=CC(=O)NC(=O)NCC1CC1C#N. The molecular weight excluding hydrogens is 212 g/mol. The molecule has 7 heteroatoms. The lowest BCUT2D eigenvalue weighted by Gasteiger charge is -2.02. The van der Waals surface area contributed by atoms with Crippen LogP contribution in [0.15, 0.2) is 5.16 Å². The summed E-state index contributed by atoms with van der Waals surface area (Å²) in [6.07, 6.45) is 1.66. The molecule has 86 valence electrons. The molecule has 0 bridgehead atoms. The van der Waals surface area contributed by atoms with Gasteiger partial charge in [0.15, 0.2) is 0 Å². The topological polar surface area (TPSA) is 104 Å². The van der Waals surface area contributed by atoms with Crippen LogP contribution >= 0.6 is 0 Å². The summed E-state index contributed by atoms with van der Waals surface area (Å²) >= 11 is 0. The van der Waals surface area contributed by atoms with Crippen LogP contribution in [0.5, 0.6) is 0 Å². The number of hydrogen-bond acceptors (Lipinski definition) is 5. The zero-order valence-electron chi connectivity index (χ0n) is 8.77. The first-order valence-corrected chi connectivity index (χ1v) is 4.72. The van der Waals surface area contributed by atoms with E-state index in [0.29, 0.717) is 6.54 Å². The van der Waals surface area contributed by atoms with E-state index in [2.05, 4.69) is 21.4 Å². The maximum atomic E-state index is 11.1. The number of nitrogens with zero attached hydrogens (tertiary/aromatic N) is 2. The number of carbonyl (C=O) groups is 2. The highest BCUT2D eigenvalue weighted by Gasteiger charge is 2.37. The molecule has 2 unspecified atom stereocenters. The van der Waals surface area contributed by atoms with Gasteiger partial charge in [-0.3, -0.25) is 10.1 Å². The van der Waals surface area contributed by atoms with Crippen LogP contribution in [0.2, 0.25) is 0 Å². The molecule has 2 atom stereocenters. The van der Waals surface area contributed by atoms with E-state index in [9.17, 15) is 9.59 Å². The van der Waals surface area contributed by atoms with Gasteiger partial charge in [0.1, 0.15) is 13.3 Å². The molecule has 1 aliphatic rings. The fourth-order valence-corrected chi connectivity index (χ4v) is 1.14. The number of rotatable bonds is 4. The van der Waals surface area contributed by atoms with Crippen LogP contribution in [0.3, 0.4) is 0 Å². The zero-order valence-corrected chi connectivity index (χ0v) is 8.77. The van der Waals surface area contributed by atoms with Crippen molar-refractivity contribution >= 4 is 18.2 Å². The molecule has 0 saturated heterocycles. The number of nitriles is 1. The van der Waals surface area contributed by atoms with Crippen LogP contribution in [0.25, 0.3) is 0 Å². The summed E-state index contributed by atoms with van der Waals surface area (Å²) in [5, 5.41) is 16.2. The van der Waals surface area contributed by atoms with E-state index in [1.807, 2.05) is 5.32 Å². The minimum absolute atomic E-state index is 0.0334. The largest absolute Gasteiger partial charge is 0.399 e. The fourth-order valence-electron chi connectivity index (χ4n) is 1.14. The summed E-state index contributed by atoms with van der Waals surface area (Å²) in [6.45, 7) is 0.402. The normalized spacial score (nSPS) is 22.2. The molecule has 16 heavy (non-hydrogen) atoms. The Morgan fingerprint density at radius 3 is 3.00 bits per heavy atom. The van der Waals surface area contributed by atoms with Crippen molar-refractivity contribution in [1.82, 2.24) is 10.6 Å². The first kappa shape index (κ1) is 12.0. The van der Waals surface area contributed by atoms with Crippen molar-refractivity contribution in [3.63, 3.8) is 0 Å². The Labute approximate surface area is 92.4 Å². The van der Waals surface area contributed by atoms with E-state index >= 15 is 0 Å². The highest BCUT2D eigenvalue weighted by atomic mass is 16.6. The molecule has 2 N–H and O–H groups in total. The van der Waals surface area contributed by atoms with Crippen LogP contribution in [-0.2, 0) is 9.63 Å². The monoisotopic (exact) mass is 224 g/mol. The van der Waals surface area contributed by atoms with Gasteiger partial charge in [0.05, 0.1) is 12.0 Å². The molecule has 0 radical (unpaired) electrons. The van der Waals surface area contributed by atoms with E-state index in [4.69, 9.17) is 5.26 Å². The third-order valence-corrected chi connectivity index (χ3v) is 2.13. The number of amides is 3. The van der Waals surface area contributed by atoms with Gasteiger partial charge >= 0.3 is 6.03 Å². The number of urea groups is 1. The summed E-state index contributed by atoms with van der Waals surface area (Å²) in [4.78, 5) is 26.3. The highest BCUT2D eigenvalue weighted by molar-refractivity contribution is 6.29. The average Bonchev–Trinajstić information content (AvgIpc) is 3.02.